The van der Waals surface area contributed by atoms with Crippen LogP contribution in [-0.4, -0.2) is 39.5 Å². The third kappa shape index (κ3) is 2.80. The molecule has 112 valence electrons. The van der Waals surface area contributed by atoms with Gasteiger partial charge in [-0.15, -0.1) is 0 Å². The van der Waals surface area contributed by atoms with Crippen molar-refractivity contribution in [2.24, 2.45) is 0 Å². The van der Waals surface area contributed by atoms with E-state index in [0.29, 0.717) is 5.56 Å². The summed E-state index contributed by atoms with van der Waals surface area (Å²) in [7, 11) is 0. The lowest BCUT2D eigenvalue weighted by Crippen LogP contribution is -2.36. The molecule has 1 aromatic carbocycles. The van der Waals surface area contributed by atoms with Crippen molar-refractivity contribution in [3.63, 3.8) is 0 Å². The number of amides is 1. The molecule has 0 aromatic heterocycles. The minimum atomic E-state index is -0.889. The van der Waals surface area contributed by atoms with Crippen molar-refractivity contribution in [1.82, 2.24) is 4.90 Å². The smallest absolute Gasteiger partial charge is 0.290 e. The first-order valence-corrected chi connectivity index (χ1v) is 6.51. The molecular formula is C15H16FNO4. The van der Waals surface area contributed by atoms with E-state index < -0.39 is 35.4 Å². The quantitative estimate of drug-likeness (QED) is 0.881. The van der Waals surface area contributed by atoms with Crippen molar-refractivity contribution in [2.75, 3.05) is 6.54 Å². The number of hydrogen-bond acceptors (Lipinski definition) is 4. The second-order valence-electron chi connectivity index (χ2n) is 5.08. The van der Waals surface area contributed by atoms with E-state index in [2.05, 4.69) is 0 Å². The number of aliphatic hydroxyl groups excluding tert-OH is 2. The number of carbonyl (C=O) groups excluding carboxylic acids is 2. The minimum Gasteiger partial charge on any atom is -0.503 e. The Balaban J connectivity index is 2.54. The van der Waals surface area contributed by atoms with Crippen LogP contribution in [0.2, 0.25) is 0 Å². The molecule has 0 unspecified atom stereocenters. The maximum Gasteiger partial charge on any atom is 0.290 e. The van der Waals surface area contributed by atoms with Crippen LogP contribution < -0.4 is 0 Å². The molecule has 1 amide bonds. The maximum absolute atomic E-state index is 13.4. The predicted molar refractivity (Wildman–Crippen MR) is 72.9 cm³/mol. The van der Waals surface area contributed by atoms with E-state index in [1.165, 1.54) is 36.9 Å². The third-order valence-corrected chi connectivity index (χ3v) is 3.31. The Bertz CT molecular complexity index is 624. The Morgan fingerprint density at radius 1 is 1.48 bits per heavy atom. The highest BCUT2D eigenvalue weighted by Gasteiger charge is 2.42. The van der Waals surface area contributed by atoms with Gasteiger partial charge in [-0.05, 0) is 31.5 Å². The zero-order chi connectivity index (χ0) is 15.7. The minimum absolute atomic E-state index is 0.0686. The molecule has 5 nitrogen and oxygen atoms in total. The van der Waals surface area contributed by atoms with Gasteiger partial charge in [0.15, 0.2) is 11.5 Å². The van der Waals surface area contributed by atoms with Crippen LogP contribution in [0.1, 0.15) is 25.5 Å². The largest absolute Gasteiger partial charge is 0.503 e. The Labute approximate surface area is 121 Å². The van der Waals surface area contributed by atoms with Gasteiger partial charge in [0.2, 0.25) is 0 Å². The molecule has 0 saturated heterocycles. The summed E-state index contributed by atoms with van der Waals surface area (Å²) in [6, 6.07) is 4.59. The predicted octanol–water partition coefficient (Wildman–Crippen LogP) is 1.49. The number of benzene rings is 1. The first kappa shape index (κ1) is 15.2. The van der Waals surface area contributed by atoms with Gasteiger partial charge in [-0.2, -0.15) is 0 Å². The molecule has 0 fully saturated rings. The SMILES string of the molecule is CC(=O)C1=C(O)C(=O)N(C[C@@H](C)O)[C@@H]1c1cccc(F)c1. The summed E-state index contributed by atoms with van der Waals surface area (Å²) in [5.74, 6) is -2.36. The summed E-state index contributed by atoms with van der Waals surface area (Å²) >= 11 is 0. The van der Waals surface area contributed by atoms with Crippen molar-refractivity contribution in [1.29, 1.82) is 0 Å². The van der Waals surface area contributed by atoms with Crippen molar-refractivity contribution in [3.8, 4) is 0 Å². The van der Waals surface area contributed by atoms with Crippen LogP contribution >= 0.6 is 0 Å². The number of aliphatic hydroxyl groups is 2. The van der Waals surface area contributed by atoms with E-state index in [1.54, 1.807) is 6.07 Å². The molecule has 2 N–H and O–H groups in total. The highest BCUT2D eigenvalue weighted by molar-refractivity contribution is 6.08. The molecule has 6 heteroatoms. The monoisotopic (exact) mass is 293 g/mol. The summed E-state index contributed by atoms with van der Waals surface area (Å²) in [5, 5.41) is 19.4. The fourth-order valence-electron chi connectivity index (χ4n) is 2.51. The lowest BCUT2D eigenvalue weighted by Gasteiger charge is -2.27. The molecule has 1 aliphatic heterocycles. The molecule has 1 aromatic rings. The van der Waals surface area contributed by atoms with E-state index in [9.17, 15) is 24.2 Å². The van der Waals surface area contributed by atoms with Crippen LogP contribution in [0.4, 0.5) is 4.39 Å². The van der Waals surface area contributed by atoms with Gasteiger partial charge < -0.3 is 15.1 Å². The lowest BCUT2D eigenvalue weighted by molar-refractivity contribution is -0.130. The molecule has 0 bridgehead atoms. The van der Waals surface area contributed by atoms with Crippen molar-refractivity contribution < 1.29 is 24.2 Å². The van der Waals surface area contributed by atoms with Gasteiger partial charge in [0, 0.05) is 6.54 Å². The van der Waals surface area contributed by atoms with Crippen LogP contribution in [0, 0.1) is 5.82 Å². The fraction of sp³-hybridized carbons (Fsp3) is 0.333. The second kappa shape index (κ2) is 5.65. The zero-order valence-corrected chi connectivity index (χ0v) is 11.7. The van der Waals surface area contributed by atoms with Gasteiger partial charge in [-0.25, -0.2) is 4.39 Å². The van der Waals surface area contributed by atoms with Gasteiger partial charge in [0.1, 0.15) is 5.82 Å². The molecule has 21 heavy (non-hydrogen) atoms. The van der Waals surface area contributed by atoms with Crippen molar-refractivity contribution in [2.45, 2.75) is 26.0 Å². The molecule has 1 aliphatic rings. The van der Waals surface area contributed by atoms with Crippen molar-refractivity contribution >= 4 is 11.7 Å². The molecule has 0 saturated carbocycles. The second-order valence-corrected chi connectivity index (χ2v) is 5.08. The third-order valence-electron chi connectivity index (χ3n) is 3.31. The van der Waals surface area contributed by atoms with Crippen LogP contribution in [0.5, 0.6) is 0 Å². The highest BCUT2D eigenvalue weighted by atomic mass is 19.1. The summed E-state index contributed by atoms with van der Waals surface area (Å²) < 4.78 is 13.4. The van der Waals surface area contributed by atoms with Crippen LogP contribution in [-0.2, 0) is 9.59 Å². The number of β-amino-alcohol motifs (C(OH)–C–C–N with tert-alkyl or cyclic N) is 1. The Morgan fingerprint density at radius 2 is 2.14 bits per heavy atom. The van der Waals surface area contributed by atoms with E-state index in [0.717, 1.165) is 0 Å². The summed E-state index contributed by atoms with van der Waals surface area (Å²) in [5.41, 5.74) is 0.296. The maximum atomic E-state index is 13.4. The van der Waals surface area contributed by atoms with E-state index in [1.807, 2.05) is 0 Å². The van der Waals surface area contributed by atoms with Gasteiger partial charge in [0.05, 0.1) is 17.7 Å². The van der Waals surface area contributed by atoms with E-state index >= 15 is 0 Å². The van der Waals surface area contributed by atoms with E-state index in [4.69, 9.17) is 0 Å². The van der Waals surface area contributed by atoms with E-state index in [-0.39, 0.29) is 12.1 Å². The molecule has 1 heterocycles. The summed E-state index contributed by atoms with van der Waals surface area (Å²) in [6.45, 7) is 2.65. The Morgan fingerprint density at radius 3 is 2.67 bits per heavy atom. The molecule has 0 aliphatic carbocycles. The first-order valence-electron chi connectivity index (χ1n) is 6.51. The zero-order valence-electron chi connectivity index (χ0n) is 11.7. The summed E-state index contributed by atoms with van der Waals surface area (Å²) in [6.07, 6.45) is -0.843. The first-order chi connectivity index (χ1) is 9.82. The average molecular weight is 293 g/mol. The standard InChI is InChI=1S/C15H16FNO4/c1-8(18)7-17-13(10-4-3-5-11(16)6-10)12(9(2)19)14(20)15(17)21/h3-6,8,13,18,20H,7H2,1-2H3/t8-,13-/m1/s1. The van der Waals surface area contributed by atoms with Gasteiger partial charge in [-0.3, -0.25) is 9.59 Å². The summed E-state index contributed by atoms with van der Waals surface area (Å²) in [4.78, 5) is 25.0. The number of rotatable bonds is 4. The number of Topliss-reactive ketones (excluding diaryl/α,β-unsaturated/α-hetero) is 1. The van der Waals surface area contributed by atoms with Gasteiger partial charge in [-0.1, -0.05) is 12.1 Å². The molecule has 0 spiro atoms. The number of nitrogens with zero attached hydrogens (tertiary/aromatic N) is 1. The fourth-order valence-corrected chi connectivity index (χ4v) is 2.51. The number of halogens is 1. The van der Waals surface area contributed by atoms with Crippen molar-refractivity contribution in [3.05, 3.63) is 47.0 Å². The normalized spacial score (nSPS) is 20.1. The number of carbonyl (C=O) groups is 2. The Hall–Kier alpha value is -2.21. The molecule has 0 radical (unpaired) electrons. The van der Waals surface area contributed by atoms with Gasteiger partial charge in [0.25, 0.3) is 5.91 Å². The van der Waals surface area contributed by atoms with Crippen LogP contribution in [0.3, 0.4) is 0 Å². The molecule has 2 rings (SSSR count). The van der Waals surface area contributed by atoms with Gasteiger partial charge >= 0.3 is 0 Å². The number of ketones is 1. The average Bonchev–Trinajstić information content (AvgIpc) is 2.63. The topological polar surface area (TPSA) is 77.8 Å². The van der Waals surface area contributed by atoms with Crippen LogP contribution in [0.25, 0.3) is 0 Å². The van der Waals surface area contributed by atoms with Crippen LogP contribution in [0.15, 0.2) is 35.6 Å². The lowest BCUT2D eigenvalue weighted by atomic mass is 9.96. The Kier molecular flexibility index (Phi) is 4.09. The number of hydrogen-bond donors (Lipinski definition) is 2. The molecular weight excluding hydrogens is 277 g/mol. The highest BCUT2D eigenvalue weighted by Crippen LogP contribution is 2.37. The molecule has 2 atom stereocenters.